The molecule has 5 nitrogen and oxygen atoms in total. The predicted molar refractivity (Wildman–Crippen MR) is 78.9 cm³/mol. The average Bonchev–Trinajstić information content (AvgIpc) is 2.29. The van der Waals surface area contributed by atoms with Gasteiger partial charge in [-0.1, -0.05) is 12.1 Å². The molecule has 0 spiro atoms. The standard InChI is InChI=1S/C15H24N2O3/c1-10-5-6-12(13(18)7-10)11(8-16)9-17-14(19)20-15(2,3)4/h5-7,11,18H,8-9,16H2,1-4H3,(H,17,19). The van der Waals surface area contributed by atoms with Crippen LogP contribution >= 0.6 is 0 Å². The van der Waals surface area contributed by atoms with Crippen molar-refractivity contribution in [2.75, 3.05) is 13.1 Å². The number of aromatic hydroxyl groups is 1. The van der Waals surface area contributed by atoms with E-state index in [1.165, 1.54) is 0 Å². The lowest BCUT2D eigenvalue weighted by Crippen LogP contribution is -2.36. The SMILES string of the molecule is Cc1ccc(C(CN)CNC(=O)OC(C)(C)C)c(O)c1. The molecule has 5 heteroatoms. The molecule has 0 aliphatic heterocycles. The zero-order valence-electron chi connectivity index (χ0n) is 12.6. The van der Waals surface area contributed by atoms with Gasteiger partial charge in [0.05, 0.1) is 0 Å². The lowest BCUT2D eigenvalue weighted by Gasteiger charge is -2.22. The van der Waals surface area contributed by atoms with Crippen LogP contribution in [0, 0.1) is 6.92 Å². The Morgan fingerprint density at radius 1 is 1.45 bits per heavy atom. The minimum atomic E-state index is -0.533. The molecule has 0 fully saturated rings. The van der Waals surface area contributed by atoms with E-state index in [9.17, 15) is 9.90 Å². The molecule has 0 saturated heterocycles. The average molecular weight is 280 g/mol. The van der Waals surface area contributed by atoms with E-state index in [4.69, 9.17) is 10.5 Å². The highest BCUT2D eigenvalue weighted by Crippen LogP contribution is 2.25. The van der Waals surface area contributed by atoms with Gasteiger partial charge in [-0.2, -0.15) is 0 Å². The predicted octanol–water partition coefficient (Wildman–Crippen LogP) is 2.27. The molecule has 20 heavy (non-hydrogen) atoms. The first-order valence-electron chi connectivity index (χ1n) is 6.69. The van der Waals surface area contributed by atoms with E-state index in [1.54, 1.807) is 26.8 Å². The molecule has 1 rings (SSSR count). The number of amides is 1. The summed E-state index contributed by atoms with van der Waals surface area (Å²) in [6.07, 6.45) is -0.484. The van der Waals surface area contributed by atoms with E-state index in [2.05, 4.69) is 5.32 Å². The van der Waals surface area contributed by atoms with Crippen LogP contribution in [0.3, 0.4) is 0 Å². The van der Waals surface area contributed by atoms with Crippen LogP contribution in [0.2, 0.25) is 0 Å². The van der Waals surface area contributed by atoms with Crippen LogP contribution in [0.1, 0.15) is 37.8 Å². The van der Waals surface area contributed by atoms with Crippen molar-refractivity contribution in [1.29, 1.82) is 0 Å². The summed E-state index contributed by atoms with van der Waals surface area (Å²) in [5.74, 6) is 0.0505. The second kappa shape index (κ2) is 6.61. The zero-order valence-corrected chi connectivity index (χ0v) is 12.6. The highest BCUT2D eigenvalue weighted by Gasteiger charge is 2.19. The van der Waals surface area contributed by atoms with Crippen molar-refractivity contribution in [3.8, 4) is 5.75 Å². The van der Waals surface area contributed by atoms with Gasteiger partial charge in [0.15, 0.2) is 0 Å². The van der Waals surface area contributed by atoms with E-state index in [1.807, 2.05) is 19.1 Å². The summed E-state index contributed by atoms with van der Waals surface area (Å²) in [6, 6.07) is 5.43. The molecule has 4 N–H and O–H groups in total. The Morgan fingerprint density at radius 2 is 2.10 bits per heavy atom. The number of carbonyl (C=O) groups excluding carboxylic acids is 1. The second-order valence-corrected chi connectivity index (χ2v) is 5.88. The molecule has 112 valence electrons. The fraction of sp³-hybridized carbons (Fsp3) is 0.533. The lowest BCUT2D eigenvalue weighted by molar-refractivity contribution is 0.0524. The smallest absolute Gasteiger partial charge is 0.407 e. The van der Waals surface area contributed by atoms with Gasteiger partial charge in [-0.15, -0.1) is 0 Å². The van der Waals surface area contributed by atoms with E-state index < -0.39 is 11.7 Å². The van der Waals surface area contributed by atoms with Crippen molar-refractivity contribution in [3.05, 3.63) is 29.3 Å². The second-order valence-electron chi connectivity index (χ2n) is 5.88. The van der Waals surface area contributed by atoms with Gasteiger partial charge in [0.1, 0.15) is 11.4 Å². The Morgan fingerprint density at radius 3 is 2.60 bits per heavy atom. The van der Waals surface area contributed by atoms with E-state index in [0.29, 0.717) is 13.1 Å². The lowest BCUT2D eigenvalue weighted by atomic mass is 9.97. The van der Waals surface area contributed by atoms with Gasteiger partial charge >= 0.3 is 6.09 Å². The first-order chi connectivity index (χ1) is 9.23. The van der Waals surface area contributed by atoms with Gasteiger partial charge in [-0.3, -0.25) is 0 Å². The van der Waals surface area contributed by atoms with Crippen LogP contribution < -0.4 is 11.1 Å². The summed E-state index contributed by atoms with van der Waals surface area (Å²) in [4.78, 5) is 11.6. The largest absolute Gasteiger partial charge is 0.508 e. The Kier molecular flexibility index (Phi) is 5.39. The third kappa shape index (κ3) is 5.09. The van der Waals surface area contributed by atoms with Crippen LogP contribution in [0.4, 0.5) is 4.79 Å². The molecule has 1 amide bonds. The highest BCUT2D eigenvalue weighted by molar-refractivity contribution is 5.67. The van der Waals surface area contributed by atoms with Crippen LogP contribution in [-0.4, -0.2) is 29.9 Å². The summed E-state index contributed by atoms with van der Waals surface area (Å²) in [5.41, 5.74) is 6.89. The van der Waals surface area contributed by atoms with Gasteiger partial charge in [0.2, 0.25) is 0 Å². The van der Waals surface area contributed by atoms with Crippen molar-refractivity contribution in [2.45, 2.75) is 39.2 Å². The van der Waals surface area contributed by atoms with Crippen LogP contribution in [-0.2, 0) is 4.74 Å². The maximum absolute atomic E-state index is 11.6. The van der Waals surface area contributed by atoms with E-state index in [0.717, 1.165) is 11.1 Å². The minimum Gasteiger partial charge on any atom is -0.508 e. The van der Waals surface area contributed by atoms with Crippen LogP contribution in [0.5, 0.6) is 5.75 Å². The Balaban J connectivity index is 2.66. The van der Waals surface area contributed by atoms with Crippen molar-refractivity contribution >= 4 is 6.09 Å². The molecule has 0 saturated carbocycles. The Bertz CT molecular complexity index is 467. The molecular weight excluding hydrogens is 256 g/mol. The Hall–Kier alpha value is -1.75. The maximum Gasteiger partial charge on any atom is 0.407 e. The van der Waals surface area contributed by atoms with Crippen molar-refractivity contribution < 1.29 is 14.6 Å². The Labute approximate surface area is 120 Å². The van der Waals surface area contributed by atoms with Gasteiger partial charge in [0, 0.05) is 19.0 Å². The molecule has 1 aromatic carbocycles. The first-order valence-corrected chi connectivity index (χ1v) is 6.69. The van der Waals surface area contributed by atoms with E-state index in [-0.39, 0.29) is 11.7 Å². The third-order valence-corrected chi connectivity index (χ3v) is 2.80. The summed E-state index contributed by atoms with van der Waals surface area (Å²) in [6.45, 7) is 7.96. The van der Waals surface area contributed by atoms with Crippen LogP contribution in [0.25, 0.3) is 0 Å². The van der Waals surface area contributed by atoms with Crippen molar-refractivity contribution in [3.63, 3.8) is 0 Å². The monoisotopic (exact) mass is 280 g/mol. The fourth-order valence-electron chi connectivity index (χ4n) is 1.84. The number of ether oxygens (including phenoxy) is 1. The molecule has 0 radical (unpaired) electrons. The highest BCUT2D eigenvalue weighted by atomic mass is 16.6. The number of rotatable bonds is 4. The fourth-order valence-corrected chi connectivity index (χ4v) is 1.84. The number of carbonyl (C=O) groups is 1. The summed E-state index contributed by atoms with van der Waals surface area (Å²) in [5, 5.41) is 12.6. The molecule has 0 aromatic heterocycles. The zero-order chi connectivity index (χ0) is 15.3. The number of alkyl carbamates (subject to hydrolysis) is 1. The van der Waals surface area contributed by atoms with Gasteiger partial charge < -0.3 is 20.9 Å². The molecule has 0 aliphatic carbocycles. The first kappa shape index (κ1) is 16.3. The molecular formula is C15H24N2O3. The summed E-state index contributed by atoms with van der Waals surface area (Å²) >= 11 is 0. The number of hydrogen-bond donors (Lipinski definition) is 3. The number of hydrogen-bond acceptors (Lipinski definition) is 4. The van der Waals surface area contributed by atoms with E-state index >= 15 is 0 Å². The van der Waals surface area contributed by atoms with Crippen LogP contribution in [0.15, 0.2) is 18.2 Å². The quantitative estimate of drug-likeness (QED) is 0.790. The van der Waals surface area contributed by atoms with Gasteiger partial charge in [-0.25, -0.2) is 4.79 Å². The van der Waals surface area contributed by atoms with Crippen molar-refractivity contribution in [1.82, 2.24) is 5.32 Å². The topological polar surface area (TPSA) is 84.6 Å². The number of phenolic OH excluding ortho intramolecular Hbond substituents is 1. The number of nitrogens with one attached hydrogen (secondary N) is 1. The minimum absolute atomic E-state index is 0.150. The van der Waals surface area contributed by atoms with Crippen molar-refractivity contribution in [2.24, 2.45) is 5.73 Å². The summed E-state index contributed by atoms with van der Waals surface area (Å²) < 4.78 is 5.16. The number of benzene rings is 1. The number of aryl methyl sites for hydroxylation is 1. The number of nitrogens with two attached hydrogens (primary N) is 1. The van der Waals surface area contributed by atoms with Gasteiger partial charge in [-0.05, 0) is 44.9 Å². The molecule has 1 unspecified atom stereocenters. The molecule has 0 bridgehead atoms. The molecule has 1 aromatic rings. The molecule has 1 atom stereocenters. The third-order valence-electron chi connectivity index (χ3n) is 2.80. The molecule has 0 aliphatic rings. The molecule has 0 heterocycles. The number of phenols is 1. The summed E-state index contributed by atoms with van der Waals surface area (Å²) in [7, 11) is 0. The normalized spacial score (nSPS) is 12.8. The van der Waals surface area contributed by atoms with Gasteiger partial charge in [0.25, 0.3) is 0 Å². The maximum atomic E-state index is 11.6.